The van der Waals surface area contributed by atoms with E-state index < -0.39 is 0 Å². The largest absolute Gasteiger partial charge is 0.466 e. The molecule has 0 bridgehead atoms. The number of aryl methyl sites for hydroxylation is 2. The summed E-state index contributed by atoms with van der Waals surface area (Å²) in [6, 6.07) is 0. The predicted octanol–water partition coefficient (Wildman–Crippen LogP) is 1.84. The van der Waals surface area contributed by atoms with Gasteiger partial charge >= 0.3 is 0 Å². The van der Waals surface area contributed by atoms with Gasteiger partial charge in [0, 0.05) is 6.42 Å². The molecule has 1 heterocycles. The normalized spacial score (nSPS) is 14.9. The van der Waals surface area contributed by atoms with Crippen molar-refractivity contribution in [3.63, 3.8) is 0 Å². The van der Waals surface area contributed by atoms with E-state index in [0.717, 1.165) is 25.1 Å². The summed E-state index contributed by atoms with van der Waals surface area (Å²) in [6.45, 7) is 3.14. The van der Waals surface area contributed by atoms with Crippen LogP contribution in [0.4, 0.5) is 0 Å². The molecule has 0 spiro atoms. The van der Waals surface area contributed by atoms with E-state index in [2.05, 4.69) is 12.2 Å². The van der Waals surface area contributed by atoms with Crippen molar-refractivity contribution in [3.8, 4) is 0 Å². The fourth-order valence-corrected chi connectivity index (χ4v) is 2.18. The van der Waals surface area contributed by atoms with Crippen LogP contribution in [0, 0.1) is 6.92 Å². The van der Waals surface area contributed by atoms with E-state index in [9.17, 15) is 0 Å². The van der Waals surface area contributed by atoms with Crippen LogP contribution >= 0.6 is 0 Å². The molecule has 1 aliphatic rings. The van der Waals surface area contributed by atoms with Crippen molar-refractivity contribution in [3.05, 3.63) is 22.6 Å². The van der Waals surface area contributed by atoms with E-state index in [1.165, 1.54) is 29.7 Å². The van der Waals surface area contributed by atoms with E-state index in [4.69, 9.17) is 4.42 Å². The summed E-state index contributed by atoms with van der Waals surface area (Å²) in [5.41, 5.74) is 2.97. The molecule has 1 aromatic heterocycles. The number of likely N-dealkylation sites (N-methyl/N-ethyl adjacent to an activating group) is 1. The minimum atomic E-state index is 1.05. The fraction of sp³-hybridized carbons (Fsp3) is 0.636. The summed E-state index contributed by atoms with van der Waals surface area (Å²) in [6.07, 6.45) is 4.77. The SMILES string of the molecule is CNCCc1c(C)oc2c1CCC2. The Hall–Kier alpha value is -0.760. The van der Waals surface area contributed by atoms with E-state index in [1.807, 2.05) is 7.05 Å². The Morgan fingerprint density at radius 2 is 2.23 bits per heavy atom. The Morgan fingerprint density at radius 1 is 1.38 bits per heavy atom. The van der Waals surface area contributed by atoms with Crippen molar-refractivity contribution in [2.45, 2.75) is 32.6 Å². The second-order valence-electron chi connectivity index (χ2n) is 3.75. The van der Waals surface area contributed by atoms with Crippen LogP contribution in [0.1, 0.15) is 29.1 Å². The lowest BCUT2D eigenvalue weighted by Gasteiger charge is -2.00. The molecule has 0 saturated heterocycles. The Morgan fingerprint density at radius 3 is 3.00 bits per heavy atom. The van der Waals surface area contributed by atoms with Gasteiger partial charge in [-0.15, -0.1) is 0 Å². The number of hydrogen-bond acceptors (Lipinski definition) is 2. The van der Waals surface area contributed by atoms with Gasteiger partial charge in [0.1, 0.15) is 11.5 Å². The van der Waals surface area contributed by atoms with Gasteiger partial charge in [-0.2, -0.15) is 0 Å². The molecule has 0 radical (unpaired) electrons. The van der Waals surface area contributed by atoms with Crippen molar-refractivity contribution in [1.82, 2.24) is 5.32 Å². The standard InChI is InChI=1S/C11H17NO/c1-8-9(6-7-12-2)10-4-3-5-11(10)13-8/h12H,3-7H2,1-2H3. The van der Waals surface area contributed by atoms with Crippen molar-refractivity contribution in [2.75, 3.05) is 13.6 Å². The summed E-state index contributed by atoms with van der Waals surface area (Å²) >= 11 is 0. The summed E-state index contributed by atoms with van der Waals surface area (Å²) in [5, 5.41) is 3.18. The van der Waals surface area contributed by atoms with Gasteiger partial charge in [0.2, 0.25) is 0 Å². The van der Waals surface area contributed by atoms with Crippen molar-refractivity contribution in [2.24, 2.45) is 0 Å². The Bertz CT molecular complexity index is 301. The lowest BCUT2D eigenvalue weighted by atomic mass is 10.1. The number of fused-ring (bicyclic) bond motifs is 1. The first kappa shape index (κ1) is 8.82. The van der Waals surface area contributed by atoms with E-state index in [-0.39, 0.29) is 0 Å². The van der Waals surface area contributed by atoms with Gasteiger partial charge in [0.15, 0.2) is 0 Å². The molecule has 0 atom stereocenters. The van der Waals surface area contributed by atoms with Crippen molar-refractivity contribution in [1.29, 1.82) is 0 Å². The highest BCUT2D eigenvalue weighted by molar-refractivity contribution is 5.36. The van der Waals surface area contributed by atoms with Crippen LogP contribution in [0.5, 0.6) is 0 Å². The third-order valence-corrected chi connectivity index (χ3v) is 2.86. The summed E-state index contributed by atoms with van der Waals surface area (Å²) in [5.74, 6) is 2.39. The third kappa shape index (κ3) is 1.51. The molecule has 0 aliphatic heterocycles. The van der Waals surface area contributed by atoms with Crippen LogP contribution in [0.2, 0.25) is 0 Å². The zero-order valence-corrected chi connectivity index (χ0v) is 8.44. The molecule has 1 N–H and O–H groups in total. The molecule has 72 valence electrons. The van der Waals surface area contributed by atoms with Crippen LogP contribution in [-0.4, -0.2) is 13.6 Å². The lowest BCUT2D eigenvalue weighted by Crippen LogP contribution is -2.11. The number of rotatable bonds is 3. The Balaban J connectivity index is 2.22. The van der Waals surface area contributed by atoms with Crippen LogP contribution in [0.3, 0.4) is 0 Å². The summed E-state index contributed by atoms with van der Waals surface area (Å²) in [4.78, 5) is 0. The van der Waals surface area contributed by atoms with Crippen LogP contribution in [-0.2, 0) is 19.3 Å². The predicted molar refractivity (Wildman–Crippen MR) is 53.1 cm³/mol. The summed E-state index contributed by atoms with van der Waals surface area (Å²) in [7, 11) is 2.00. The second-order valence-corrected chi connectivity index (χ2v) is 3.75. The van der Waals surface area contributed by atoms with E-state index in [0.29, 0.717) is 0 Å². The average molecular weight is 179 g/mol. The van der Waals surface area contributed by atoms with Gasteiger partial charge in [0.25, 0.3) is 0 Å². The first-order chi connectivity index (χ1) is 6.33. The topological polar surface area (TPSA) is 25.2 Å². The Kier molecular flexibility index (Phi) is 2.40. The minimum absolute atomic E-state index is 1.05. The molecule has 0 unspecified atom stereocenters. The monoisotopic (exact) mass is 179 g/mol. The molecule has 2 nitrogen and oxygen atoms in total. The Labute approximate surface area is 79.3 Å². The maximum Gasteiger partial charge on any atom is 0.107 e. The quantitative estimate of drug-likeness (QED) is 0.766. The molecule has 1 aromatic rings. The zero-order chi connectivity index (χ0) is 9.26. The van der Waals surface area contributed by atoms with Gasteiger partial charge in [-0.3, -0.25) is 0 Å². The molecule has 1 aliphatic carbocycles. The van der Waals surface area contributed by atoms with Gasteiger partial charge in [-0.25, -0.2) is 0 Å². The molecule has 0 amide bonds. The van der Waals surface area contributed by atoms with Gasteiger partial charge in [0.05, 0.1) is 0 Å². The minimum Gasteiger partial charge on any atom is -0.466 e. The van der Waals surface area contributed by atoms with Gasteiger partial charge in [-0.05, 0) is 50.9 Å². The van der Waals surface area contributed by atoms with Crippen LogP contribution in [0.25, 0.3) is 0 Å². The molecule has 2 heteroatoms. The highest BCUT2D eigenvalue weighted by atomic mass is 16.3. The first-order valence-electron chi connectivity index (χ1n) is 5.07. The zero-order valence-electron chi connectivity index (χ0n) is 8.44. The highest BCUT2D eigenvalue weighted by Crippen LogP contribution is 2.30. The maximum absolute atomic E-state index is 5.73. The van der Waals surface area contributed by atoms with Gasteiger partial charge < -0.3 is 9.73 Å². The molecular formula is C11H17NO. The average Bonchev–Trinajstić information content (AvgIpc) is 2.62. The fourth-order valence-electron chi connectivity index (χ4n) is 2.18. The number of hydrogen-bond donors (Lipinski definition) is 1. The molecular weight excluding hydrogens is 162 g/mol. The highest BCUT2D eigenvalue weighted by Gasteiger charge is 2.21. The van der Waals surface area contributed by atoms with E-state index >= 15 is 0 Å². The molecule has 2 rings (SSSR count). The second kappa shape index (κ2) is 3.54. The van der Waals surface area contributed by atoms with Crippen LogP contribution < -0.4 is 5.32 Å². The molecule has 13 heavy (non-hydrogen) atoms. The molecule has 0 saturated carbocycles. The van der Waals surface area contributed by atoms with Gasteiger partial charge in [-0.1, -0.05) is 0 Å². The number of furan rings is 1. The first-order valence-corrected chi connectivity index (χ1v) is 5.07. The smallest absolute Gasteiger partial charge is 0.107 e. The molecule has 0 aromatic carbocycles. The lowest BCUT2D eigenvalue weighted by molar-refractivity contribution is 0.484. The number of nitrogens with one attached hydrogen (secondary N) is 1. The van der Waals surface area contributed by atoms with Crippen LogP contribution in [0.15, 0.2) is 4.42 Å². The van der Waals surface area contributed by atoms with E-state index in [1.54, 1.807) is 0 Å². The third-order valence-electron chi connectivity index (χ3n) is 2.86. The van der Waals surface area contributed by atoms with Crippen molar-refractivity contribution < 1.29 is 4.42 Å². The molecule has 0 fully saturated rings. The van der Waals surface area contributed by atoms with Crippen molar-refractivity contribution >= 4 is 0 Å². The maximum atomic E-state index is 5.73. The summed E-state index contributed by atoms with van der Waals surface area (Å²) < 4.78 is 5.73.